The van der Waals surface area contributed by atoms with Crippen molar-refractivity contribution < 1.29 is 13.2 Å². The van der Waals surface area contributed by atoms with E-state index in [9.17, 15) is 8.42 Å². The van der Waals surface area contributed by atoms with Crippen LogP contribution in [0, 0.1) is 0 Å². The molecule has 0 rings (SSSR count). The molecule has 0 fully saturated rings. The van der Waals surface area contributed by atoms with E-state index in [4.69, 9.17) is 16.3 Å². The maximum Gasteiger partial charge on any atom is 0.214 e. The van der Waals surface area contributed by atoms with Crippen molar-refractivity contribution in [3.63, 3.8) is 0 Å². The molecule has 0 aliphatic heterocycles. The third kappa shape index (κ3) is 5.14. The Kier molecular flexibility index (Phi) is 7.54. The van der Waals surface area contributed by atoms with Gasteiger partial charge in [-0.15, -0.1) is 11.6 Å². The summed E-state index contributed by atoms with van der Waals surface area (Å²) in [5.41, 5.74) is 0. The summed E-state index contributed by atoms with van der Waals surface area (Å²) in [6.45, 7) is 2.98. The van der Waals surface area contributed by atoms with Gasteiger partial charge in [0.1, 0.15) is 0 Å². The lowest BCUT2D eigenvalue weighted by molar-refractivity contribution is 0.180. The first kappa shape index (κ1) is 14.2. The topological polar surface area (TPSA) is 46.6 Å². The second-order valence-electron chi connectivity index (χ2n) is 2.90. The van der Waals surface area contributed by atoms with Crippen molar-refractivity contribution in [1.29, 1.82) is 0 Å². The van der Waals surface area contributed by atoms with E-state index in [1.54, 1.807) is 7.11 Å². The Balaban J connectivity index is 4.30. The van der Waals surface area contributed by atoms with Crippen LogP contribution >= 0.6 is 11.6 Å². The lowest BCUT2D eigenvalue weighted by Gasteiger charge is -2.20. The molecule has 0 unspecified atom stereocenters. The zero-order chi connectivity index (χ0) is 11.0. The van der Waals surface area contributed by atoms with Crippen molar-refractivity contribution >= 4 is 21.6 Å². The summed E-state index contributed by atoms with van der Waals surface area (Å²) in [4.78, 5) is 0. The van der Waals surface area contributed by atoms with Crippen LogP contribution in [0.3, 0.4) is 0 Å². The second kappa shape index (κ2) is 7.45. The van der Waals surface area contributed by atoms with Crippen LogP contribution in [0.15, 0.2) is 0 Å². The molecule has 0 radical (unpaired) electrons. The Hall–Kier alpha value is 0.160. The van der Waals surface area contributed by atoms with Gasteiger partial charge in [-0.05, 0) is 6.42 Å². The van der Waals surface area contributed by atoms with Gasteiger partial charge in [-0.3, -0.25) is 0 Å². The maximum atomic E-state index is 11.6. The van der Waals surface area contributed by atoms with Crippen molar-refractivity contribution in [3.05, 3.63) is 0 Å². The lowest BCUT2D eigenvalue weighted by atomic mass is 10.6. The van der Waals surface area contributed by atoms with Crippen molar-refractivity contribution in [1.82, 2.24) is 4.31 Å². The Bertz CT molecular complexity index is 231. The average molecular weight is 244 g/mol. The van der Waals surface area contributed by atoms with Gasteiger partial charge in [0.15, 0.2) is 0 Å². The molecular weight excluding hydrogens is 226 g/mol. The number of hydrogen-bond donors (Lipinski definition) is 0. The number of sulfonamides is 1. The first-order valence-corrected chi connectivity index (χ1v) is 6.75. The molecule has 0 atom stereocenters. The summed E-state index contributed by atoms with van der Waals surface area (Å²) >= 11 is 5.53. The number of rotatable bonds is 8. The number of halogens is 1. The Morgan fingerprint density at radius 2 is 2.00 bits per heavy atom. The summed E-state index contributed by atoms with van der Waals surface area (Å²) in [7, 11) is -1.59. The van der Waals surface area contributed by atoms with E-state index >= 15 is 0 Å². The van der Waals surface area contributed by atoms with Crippen LogP contribution in [0.4, 0.5) is 0 Å². The lowest BCUT2D eigenvalue weighted by Crippen LogP contribution is -2.36. The van der Waals surface area contributed by atoms with Gasteiger partial charge in [0, 0.05) is 26.1 Å². The maximum absolute atomic E-state index is 11.6. The van der Waals surface area contributed by atoms with Crippen LogP contribution < -0.4 is 0 Å². The molecule has 0 saturated heterocycles. The minimum Gasteiger partial charge on any atom is -0.383 e. The first-order valence-electron chi connectivity index (χ1n) is 4.61. The SMILES string of the molecule is CCCS(=O)(=O)N(CCCl)CCOC. The van der Waals surface area contributed by atoms with Gasteiger partial charge < -0.3 is 4.74 Å². The van der Waals surface area contributed by atoms with Crippen molar-refractivity contribution in [2.24, 2.45) is 0 Å². The van der Waals surface area contributed by atoms with Crippen molar-refractivity contribution in [2.45, 2.75) is 13.3 Å². The molecule has 0 aliphatic carbocycles. The van der Waals surface area contributed by atoms with Gasteiger partial charge in [0.05, 0.1) is 12.4 Å². The van der Waals surface area contributed by atoms with Crippen molar-refractivity contribution in [2.75, 3.05) is 38.4 Å². The Labute approximate surface area is 91.2 Å². The fraction of sp³-hybridized carbons (Fsp3) is 1.00. The van der Waals surface area contributed by atoms with Gasteiger partial charge in [0.2, 0.25) is 10.0 Å². The van der Waals surface area contributed by atoms with E-state index in [-0.39, 0.29) is 5.75 Å². The highest BCUT2D eigenvalue weighted by Gasteiger charge is 2.19. The molecule has 6 heteroatoms. The molecule has 0 saturated carbocycles. The Morgan fingerprint density at radius 3 is 2.43 bits per heavy atom. The molecule has 0 spiro atoms. The third-order valence-electron chi connectivity index (χ3n) is 1.73. The second-order valence-corrected chi connectivity index (χ2v) is 5.36. The normalized spacial score (nSPS) is 12.3. The molecule has 4 nitrogen and oxygen atoms in total. The van der Waals surface area contributed by atoms with Gasteiger partial charge >= 0.3 is 0 Å². The van der Waals surface area contributed by atoms with Crippen molar-refractivity contribution in [3.8, 4) is 0 Å². The zero-order valence-corrected chi connectivity index (χ0v) is 10.3. The van der Waals surface area contributed by atoms with Gasteiger partial charge in [0.25, 0.3) is 0 Å². The van der Waals surface area contributed by atoms with Crippen LogP contribution in [0.5, 0.6) is 0 Å². The summed E-state index contributed by atoms with van der Waals surface area (Å²) in [5, 5.41) is 0. The quantitative estimate of drug-likeness (QED) is 0.596. The first-order chi connectivity index (χ1) is 6.58. The molecular formula is C8H18ClNO3S. The third-order valence-corrected chi connectivity index (χ3v) is 3.98. The van der Waals surface area contributed by atoms with E-state index in [0.29, 0.717) is 32.0 Å². The highest BCUT2D eigenvalue weighted by molar-refractivity contribution is 7.89. The highest BCUT2D eigenvalue weighted by atomic mass is 35.5. The standard InChI is InChI=1S/C8H18ClNO3S/c1-3-8-14(11,12)10(5-4-9)6-7-13-2/h3-8H2,1-2H3. The number of nitrogens with zero attached hydrogens (tertiary/aromatic N) is 1. The monoisotopic (exact) mass is 243 g/mol. The largest absolute Gasteiger partial charge is 0.383 e. The predicted molar refractivity (Wildman–Crippen MR) is 58.2 cm³/mol. The van der Waals surface area contributed by atoms with E-state index in [2.05, 4.69) is 0 Å². The molecule has 0 aromatic heterocycles. The molecule has 0 aromatic rings. The average Bonchev–Trinajstić information content (AvgIpc) is 2.11. The van der Waals surface area contributed by atoms with Gasteiger partial charge in [-0.1, -0.05) is 6.92 Å². The van der Waals surface area contributed by atoms with Crippen LogP contribution in [0.1, 0.15) is 13.3 Å². The van der Waals surface area contributed by atoms with Crippen LogP contribution in [0.2, 0.25) is 0 Å². The molecule has 86 valence electrons. The predicted octanol–water partition coefficient (Wildman–Crippen LogP) is 0.913. The summed E-state index contributed by atoms with van der Waals surface area (Å²) in [6.07, 6.45) is 0.619. The van der Waals surface area contributed by atoms with E-state index in [0.717, 1.165) is 0 Å². The van der Waals surface area contributed by atoms with Gasteiger partial charge in [-0.25, -0.2) is 8.42 Å². The molecule has 0 heterocycles. The van der Waals surface area contributed by atoms with Crippen LogP contribution in [-0.2, 0) is 14.8 Å². The van der Waals surface area contributed by atoms with E-state index in [1.165, 1.54) is 4.31 Å². The molecule has 0 aromatic carbocycles. The molecule has 0 bridgehead atoms. The molecule has 0 amide bonds. The number of methoxy groups -OCH3 is 1. The molecule has 0 N–H and O–H groups in total. The van der Waals surface area contributed by atoms with E-state index < -0.39 is 10.0 Å². The minimum absolute atomic E-state index is 0.174. The smallest absolute Gasteiger partial charge is 0.214 e. The zero-order valence-electron chi connectivity index (χ0n) is 8.70. The van der Waals surface area contributed by atoms with Crippen LogP contribution in [0.25, 0.3) is 0 Å². The van der Waals surface area contributed by atoms with Gasteiger partial charge in [-0.2, -0.15) is 4.31 Å². The summed E-state index contributed by atoms with van der Waals surface area (Å²) in [6, 6.07) is 0. The minimum atomic E-state index is -3.14. The Morgan fingerprint density at radius 1 is 1.36 bits per heavy atom. The van der Waals surface area contributed by atoms with E-state index in [1.807, 2.05) is 6.92 Å². The fourth-order valence-electron chi connectivity index (χ4n) is 1.06. The fourth-order valence-corrected chi connectivity index (χ4v) is 2.86. The van der Waals surface area contributed by atoms with Crippen LogP contribution in [-0.4, -0.2) is 51.2 Å². The number of ether oxygens (including phenoxy) is 1. The number of hydrogen-bond acceptors (Lipinski definition) is 3. The molecule has 14 heavy (non-hydrogen) atoms. The highest BCUT2D eigenvalue weighted by Crippen LogP contribution is 2.03. The molecule has 0 aliphatic rings. The summed E-state index contributed by atoms with van der Waals surface area (Å²) < 4.78 is 29.5. The number of alkyl halides is 1. The summed E-state index contributed by atoms with van der Waals surface area (Å²) in [5.74, 6) is 0.486.